The van der Waals surface area contributed by atoms with Crippen molar-refractivity contribution in [3.8, 4) is 0 Å². The Morgan fingerprint density at radius 1 is 0.955 bits per heavy atom. The fourth-order valence-corrected chi connectivity index (χ4v) is 2.25. The van der Waals surface area contributed by atoms with Crippen LogP contribution in [0, 0.1) is 5.92 Å². The highest BCUT2D eigenvalue weighted by molar-refractivity contribution is 6.31. The lowest BCUT2D eigenvalue weighted by atomic mass is 10.2. The van der Waals surface area contributed by atoms with Crippen LogP contribution < -0.4 is 10.6 Å². The Kier molecular flexibility index (Phi) is 4.11. The van der Waals surface area contributed by atoms with Gasteiger partial charge < -0.3 is 10.6 Å². The molecule has 1 saturated carbocycles. The van der Waals surface area contributed by atoms with Gasteiger partial charge >= 0.3 is 0 Å². The summed E-state index contributed by atoms with van der Waals surface area (Å²) < 4.78 is 0. The molecule has 1 aliphatic rings. The van der Waals surface area contributed by atoms with Gasteiger partial charge in [0, 0.05) is 27.9 Å². The summed E-state index contributed by atoms with van der Waals surface area (Å²) in [4.78, 5) is 23.7. The Morgan fingerprint density at radius 2 is 1.59 bits per heavy atom. The van der Waals surface area contributed by atoms with E-state index in [-0.39, 0.29) is 17.7 Å². The molecule has 5 heteroatoms. The van der Waals surface area contributed by atoms with Crippen LogP contribution in [-0.4, -0.2) is 11.8 Å². The number of hydrogen-bond donors (Lipinski definition) is 2. The smallest absolute Gasteiger partial charge is 0.255 e. The van der Waals surface area contributed by atoms with E-state index in [1.807, 2.05) is 0 Å². The molecule has 22 heavy (non-hydrogen) atoms. The largest absolute Gasteiger partial charge is 0.326 e. The molecule has 4 nitrogen and oxygen atoms in total. The van der Waals surface area contributed by atoms with Gasteiger partial charge in [-0.05, 0) is 55.3 Å². The molecule has 0 unspecified atom stereocenters. The maximum atomic E-state index is 12.1. The molecule has 2 N–H and O–H groups in total. The van der Waals surface area contributed by atoms with Crippen LogP contribution in [-0.2, 0) is 4.79 Å². The van der Waals surface area contributed by atoms with Crippen LogP contribution >= 0.6 is 11.6 Å². The molecule has 0 bridgehead atoms. The number of carbonyl (C=O) groups is 2. The van der Waals surface area contributed by atoms with Crippen molar-refractivity contribution in [3.05, 3.63) is 59.1 Å². The maximum Gasteiger partial charge on any atom is 0.255 e. The van der Waals surface area contributed by atoms with Crippen molar-refractivity contribution in [2.45, 2.75) is 12.8 Å². The van der Waals surface area contributed by atoms with E-state index in [0.717, 1.165) is 18.5 Å². The van der Waals surface area contributed by atoms with Gasteiger partial charge in [0.25, 0.3) is 5.91 Å². The predicted molar refractivity (Wildman–Crippen MR) is 87.2 cm³/mol. The van der Waals surface area contributed by atoms with Crippen molar-refractivity contribution in [2.75, 3.05) is 10.6 Å². The van der Waals surface area contributed by atoms with Crippen LogP contribution in [0.3, 0.4) is 0 Å². The summed E-state index contributed by atoms with van der Waals surface area (Å²) in [5.41, 5.74) is 1.89. The Hall–Kier alpha value is -2.33. The van der Waals surface area contributed by atoms with Crippen molar-refractivity contribution < 1.29 is 9.59 Å². The van der Waals surface area contributed by atoms with Gasteiger partial charge in [-0.1, -0.05) is 17.7 Å². The van der Waals surface area contributed by atoms with Crippen LogP contribution in [0.15, 0.2) is 48.5 Å². The first-order valence-electron chi connectivity index (χ1n) is 7.10. The summed E-state index contributed by atoms with van der Waals surface area (Å²) >= 11 is 5.87. The average Bonchev–Trinajstić information content (AvgIpc) is 3.34. The second-order valence-electron chi connectivity index (χ2n) is 5.31. The van der Waals surface area contributed by atoms with Gasteiger partial charge in [0.1, 0.15) is 0 Å². The first-order valence-corrected chi connectivity index (χ1v) is 7.47. The molecular formula is C17H15ClN2O2. The van der Waals surface area contributed by atoms with E-state index in [1.165, 1.54) is 0 Å². The van der Waals surface area contributed by atoms with Crippen molar-refractivity contribution in [3.63, 3.8) is 0 Å². The molecule has 0 spiro atoms. The molecule has 1 fully saturated rings. The van der Waals surface area contributed by atoms with Gasteiger partial charge in [-0.15, -0.1) is 0 Å². The third-order valence-corrected chi connectivity index (χ3v) is 3.68. The normalized spacial score (nSPS) is 13.5. The number of rotatable bonds is 4. The number of anilines is 2. The van der Waals surface area contributed by atoms with Crippen LogP contribution in [0.1, 0.15) is 23.2 Å². The Bertz CT molecular complexity index is 709. The Labute approximate surface area is 133 Å². The molecule has 0 saturated heterocycles. The minimum atomic E-state index is -0.225. The number of amides is 2. The first-order chi connectivity index (χ1) is 10.6. The quantitative estimate of drug-likeness (QED) is 0.898. The Balaban J connectivity index is 1.63. The molecule has 112 valence electrons. The van der Waals surface area contributed by atoms with Crippen LogP contribution in [0.25, 0.3) is 0 Å². The molecule has 2 aromatic rings. The second-order valence-corrected chi connectivity index (χ2v) is 5.74. The van der Waals surface area contributed by atoms with Gasteiger partial charge in [-0.3, -0.25) is 9.59 Å². The zero-order valence-electron chi connectivity index (χ0n) is 11.8. The molecule has 0 heterocycles. The molecule has 0 aliphatic heterocycles. The van der Waals surface area contributed by atoms with Crippen molar-refractivity contribution in [1.82, 2.24) is 0 Å². The fraction of sp³-hybridized carbons (Fsp3) is 0.176. The molecule has 0 atom stereocenters. The summed E-state index contributed by atoms with van der Waals surface area (Å²) in [7, 11) is 0. The predicted octanol–water partition coefficient (Wildman–Crippen LogP) is 3.94. The summed E-state index contributed by atoms with van der Waals surface area (Å²) in [6.07, 6.45) is 1.94. The fourth-order valence-electron chi connectivity index (χ4n) is 2.06. The highest BCUT2D eigenvalue weighted by Gasteiger charge is 2.29. The minimum absolute atomic E-state index is 0.0655. The summed E-state index contributed by atoms with van der Waals surface area (Å²) in [6.45, 7) is 0. The molecule has 2 amide bonds. The monoisotopic (exact) mass is 314 g/mol. The molecule has 2 aromatic carbocycles. The molecule has 0 radical (unpaired) electrons. The van der Waals surface area contributed by atoms with E-state index in [9.17, 15) is 9.59 Å². The number of benzene rings is 2. The zero-order chi connectivity index (χ0) is 15.5. The van der Waals surface area contributed by atoms with Crippen LogP contribution in [0.4, 0.5) is 11.4 Å². The van der Waals surface area contributed by atoms with E-state index in [2.05, 4.69) is 10.6 Å². The third kappa shape index (κ3) is 3.65. The lowest BCUT2D eigenvalue weighted by Crippen LogP contribution is -2.14. The highest BCUT2D eigenvalue weighted by Crippen LogP contribution is 2.30. The SMILES string of the molecule is O=C(Nc1ccc(NC(=O)C2CC2)cc1)c1cccc(Cl)c1. The summed E-state index contributed by atoms with van der Waals surface area (Å²) in [6, 6.07) is 13.8. The third-order valence-electron chi connectivity index (χ3n) is 3.45. The molecule has 3 rings (SSSR count). The van der Waals surface area contributed by atoms with Crippen molar-refractivity contribution >= 4 is 34.8 Å². The zero-order valence-corrected chi connectivity index (χ0v) is 12.6. The molecule has 1 aliphatic carbocycles. The van der Waals surface area contributed by atoms with E-state index in [0.29, 0.717) is 16.3 Å². The maximum absolute atomic E-state index is 12.1. The van der Waals surface area contributed by atoms with Gasteiger partial charge in [-0.25, -0.2) is 0 Å². The number of hydrogen-bond acceptors (Lipinski definition) is 2. The lowest BCUT2D eigenvalue weighted by molar-refractivity contribution is -0.117. The highest BCUT2D eigenvalue weighted by atomic mass is 35.5. The Morgan fingerprint density at radius 3 is 2.18 bits per heavy atom. The topological polar surface area (TPSA) is 58.2 Å². The number of nitrogens with one attached hydrogen (secondary N) is 2. The minimum Gasteiger partial charge on any atom is -0.326 e. The summed E-state index contributed by atoms with van der Waals surface area (Å²) in [5.74, 6) is 0.00943. The van der Waals surface area contributed by atoms with Gasteiger partial charge in [0.05, 0.1) is 0 Å². The van der Waals surface area contributed by atoms with Crippen LogP contribution in [0.2, 0.25) is 5.02 Å². The van der Waals surface area contributed by atoms with Gasteiger partial charge in [0.15, 0.2) is 0 Å². The number of halogens is 1. The molecular weight excluding hydrogens is 300 g/mol. The second kappa shape index (κ2) is 6.20. The van der Waals surface area contributed by atoms with E-state index >= 15 is 0 Å². The van der Waals surface area contributed by atoms with Gasteiger partial charge in [0.2, 0.25) is 5.91 Å². The summed E-state index contributed by atoms with van der Waals surface area (Å²) in [5, 5.41) is 6.16. The van der Waals surface area contributed by atoms with Crippen LogP contribution in [0.5, 0.6) is 0 Å². The first kappa shape index (κ1) is 14.6. The van der Waals surface area contributed by atoms with E-state index in [4.69, 9.17) is 11.6 Å². The standard InChI is InChI=1S/C17H15ClN2O2/c18-13-3-1-2-12(10-13)17(22)20-15-8-6-14(7-9-15)19-16(21)11-4-5-11/h1-3,6-11H,4-5H2,(H,19,21)(H,20,22). The molecule has 0 aromatic heterocycles. The van der Waals surface area contributed by atoms with E-state index in [1.54, 1.807) is 48.5 Å². The van der Waals surface area contributed by atoms with Gasteiger partial charge in [-0.2, -0.15) is 0 Å². The van der Waals surface area contributed by atoms with E-state index < -0.39 is 0 Å². The van der Waals surface area contributed by atoms with Crippen molar-refractivity contribution in [1.29, 1.82) is 0 Å². The lowest BCUT2D eigenvalue weighted by Gasteiger charge is -2.08. The number of carbonyl (C=O) groups excluding carboxylic acids is 2. The average molecular weight is 315 g/mol. The van der Waals surface area contributed by atoms with Crippen molar-refractivity contribution in [2.24, 2.45) is 5.92 Å².